The zero-order valence-corrected chi connectivity index (χ0v) is 28.7. The van der Waals surface area contributed by atoms with Crippen molar-refractivity contribution in [1.29, 1.82) is 0 Å². The number of allylic oxidation sites excluding steroid dienone is 4. The topological polar surface area (TPSA) is 51.8 Å². The van der Waals surface area contributed by atoms with Gasteiger partial charge in [0, 0.05) is 42.1 Å². The molecule has 3 heterocycles. The zero-order valence-electron chi connectivity index (χ0n) is 27.9. The molecule has 4 nitrogen and oxygen atoms in total. The first-order valence-corrected chi connectivity index (χ1v) is 18.1. The maximum atomic E-state index is 6.48. The van der Waals surface area contributed by atoms with Crippen LogP contribution in [0.25, 0.3) is 92.7 Å². The summed E-state index contributed by atoms with van der Waals surface area (Å²) in [5, 5.41) is 4.76. The third kappa shape index (κ3) is 5.17. The predicted octanol–water partition coefficient (Wildman–Crippen LogP) is 12.8. The highest BCUT2D eigenvalue weighted by Crippen LogP contribution is 2.41. The van der Waals surface area contributed by atoms with Crippen LogP contribution in [0.5, 0.6) is 0 Å². The molecule has 242 valence electrons. The minimum absolute atomic E-state index is 0.407. The van der Waals surface area contributed by atoms with Crippen molar-refractivity contribution in [2.75, 3.05) is 0 Å². The molecule has 1 aliphatic rings. The van der Waals surface area contributed by atoms with Crippen molar-refractivity contribution in [2.45, 2.75) is 13.3 Å². The Morgan fingerprint density at radius 2 is 1.27 bits per heavy atom. The van der Waals surface area contributed by atoms with Gasteiger partial charge in [0.25, 0.3) is 0 Å². The fraction of sp³-hybridized carbons (Fsp3) is 0.0652. The normalized spacial score (nSPS) is 14.5. The lowest BCUT2D eigenvalue weighted by molar-refractivity contribution is 0.669. The number of benzene rings is 6. The molecule has 51 heavy (non-hydrogen) atoms. The van der Waals surface area contributed by atoms with Crippen LogP contribution in [0.15, 0.2) is 156 Å². The molecule has 0 saturated heterocycles. The molecule has 0 amide bonds. The number of nitrogens with zero attached hydrogens (tertiary/aromatic N) is 3. The quantitative estimate of drug-likeness (QED) is 0.182. The van der Waals surface area contributed by atoms with Gasteiger partial charge in [0.2, 0.25) is 0 Å². The largest absolute Gasteiger partial charge is 0.456 e. The van der Waals surface area contributed by atoms with Crippen LogP contribution in [-0.2, 0) is 0 Å². The van der Waals surface area contributed by atoms with E-state index in [9.17, 15) is 0 Å². The Hall–Kier alpha value is -6.17. The summed E-state index contributed by atoms with van der Waals surface area (Å²) in [5.74, 6) is 2.39. The third-order valence-electron chi connectivity index (χ3n) is 9.88. The number of hydrogen-bond donors (Lipinski definition) is 0. The monoisotopic (exact) mass is 673 g/mol. The van der Waals surface area contributed by atoms with Crippen molar-refractivity contribution in [2.24, 2.45) is 5.92 Å². The average Bonchev–Trinajstić information content (AvgIpc) is 3.76. The Bertz CT molecular complexity index is 2860. The number of hydrogen-bond acceptors (Lipinski definition) is 5. The molecule has 0 aliphatic heterocycles. The van der Waals surface area contributed by atoms with Gasteiger partial charge in [0.05, 0.1) is 0 Å². The molecule has 5 heteroatoms. The first-order chi connectivity index (χ1) is 25.2. The van der Waals surface area contributed by atoms with Crippen molar-refractivity contribution in [3.63, 3.8) is 0 Å². The van der Waals surface area contributed by atoms with Crippen LogP contribution in [0.4, 0.5) is 0 Å². The van der Waals surface area contributed by atoms with Crippen LogP contribution in [0.2, 0.25) is 0 Å². The molecule has 0 fully saturated rings. The van der Waals surface area contributed by atoms with Gasteiger partial charge in [-0.1, -0.05) is 128 Å². The Kier molecular flexibility index (Phi) is 7.00. The van der Waals surface area contributed by atoms with E-state index in [1.165, 1.54) is 25.7 Å². The van der Waals surface area contributed by atoms with Crippen LogP contribution < -0.4 is 0 Å². The summed E-state index contributed by atoms with van der Waals surface area (Å²) in [4.78, 5) is 15.3. The van der Waals surface area contributed by atoms with Gasteiger partial charge in [-0.25, -0.2) is 15.0 Å². The summed E-state index contributed by atoms with van der Waals surface area (Å²) >= 11 is 1.84. The molecule has 0 spiro atoms. The van der Waals surface area contributed by atoms with Gasteiger partial charge in [-0.2, -0.15) is 0 Å². The summed E-state index contributed by atoms with van der Waals surface area (Å²) in [6, 6.07) is 46.9. The van der Waals surface area contributed by atoms with Gasteiger partial charge in [-0.05, 0) is 70.5 Å². The number of fused-ring (bicyclic) bond motifs is 6. The lowest BCUT2D eigenvalue weighted by atomic mass is 9.95. The van der Waals surface area contributed by atoms with E-state index < -0.39 is 0 Å². The fourth-order valence-corrected chi connectivity index (χ4v) is 8.65. The van der Waals surface area contributed by atoms with E-state index in [0.29, 0.717) is 23.4 Å². The molecule has 1 aliphatic carbocycles. The van der Waals surface area contributed by atoms with Crippen LogP contribution in [-0.4, -0.2) is 15.0 Å². The second-order valence-electron chi connectivity index (χ2n) is 13.3. The Labute approximate surface area is 299 Å². The molecule has 9 aromatic rings. The lowest BCUT2D eigenvalue weighted by Crippen LogP contribution is -2.06. The van der Waals surface area contributed by atoms with E-state index in [-0.39, 0.29) is 0 Å². The summed E-state index contributed by atoms with van der Waals surface area (Å²) in [7, 11) is 0. The second-order valence-corrected chi connectivity index (χ2v) is 14.3. The van der Waals surface area contributed by atoms with Gasteiger partial charge in [-0.3, -0.25) is 0 Å². The third-order valence-corrected chi connectivity index (χ3v) is 11.1. The first-order valence-electron chi connectivity index (χ1n) is 17.3. The minimum atomic E-state index is 0.407. The molecule has 0 bridgehead atoms. The van der Waals surface area contributed by atoms with E-state index in [4.69, 9.17) is 19.4 Å². The molecule has 3 aromatic heterocycles. The second kappa shape index (κ2) is 12.0. The number of thiophene rings is 1. The van der Waals surface area contributed by atoms with Crippen molar-refractivity contribution in [3.8, 4) is 45.0 Å². The van der Waals surface area contributed by atoms with Crippen molar-refractivity contribution in [3.05, 3.63) is 158 Å². The zero-order chi connectivity index (χ0) is 33.9. The highest BCUT2D eigenvalue weighted by atomic mass is 32.1. The molecular formula is C46H31N3OS. The maximum Gasteiger partial charge on any atom is 0.164 e. The van der Waals surface area contributed by atoms with E-state index in [1.54, 1.807) is 0 Å². The van der Waals surface area contributed by atoms with E-state index in [2.05, 4.69) is 146 Å². The summed E-state index contributed by atoms with van der Waals surface area (Å²) in [6.07, 6.45) is 7.35. The van der Waals surface area contributed by atoms with Crippen LogP contribution in [0.3, 0.4) is 0 Å². The minimum Gasteiger partial charge on any atom is -0.456 e. The molecular weight excluding hydrogens is 643 g/mol. The number of furan rings is 1. The Morgan fingerprint density at radius 3 is 2.16 bits per heavy atom. The molecule has 0 saturated carbocycles. The first kappa shape index (κ1) is 29.7. The van der Waals surface area contributed by atoms with Gasteiger partial charge in [0.1, 0.15) is 11.2 Å². The van der Waals surface area contributed by atoms with Gasteiger partial charge in [-0.15, -0.1) is 11.3 Å². The molecule has 1 atom stereocenters. The average molecular weight is 674 g/mol. The SMILES string of the molecule is CC1C=CC=C(c2nc(-c3cccc(-c4cccc5c4sc4ccccc45)c3)nc(-c3ccc4c(c3)oc3cccc(-c5ccccc5)c34)n2)C1. The Morgan fingerprint density at radius 1 is 0.569 bits per heavy atom. The van der Waals surface area contributed by atoms with Gasteiger partial charge in [0.15, 0.2) is 17.5 Å². The molecule has 10 rings (SSSR count). The Balaban J connectivity index is 1.12. The lowest BCUT2D eigenvalue weighted by Gasteiger charge is -2.15. The van der Waals surface area contributed by atoms with Crippen molar-refractivity contribution >= 4 is 59.0 Å². The van der Waals surface area contributed by atoms with Crippen molar-refractivity contribution in [1.82, 2.24) is 15.0 Å². The standard InChI is InChI=1S/C46H31N3OS/c1-28-11-7-15-31(25-28)44-47-45(32-16-8-14-30(26-32)35-19-9-20-37-36-17-5-6-22-41(36)51-43(35)37)49-46(48-44)33-23-24-38-40(27-33)50-39-21-10-18-34(42(38)39)29-12-3-2-4-13-29/h2-24,26-28H,25H2,1H3. The highest BCUT2D eigenvalue weighted by molar-refractivity contribution is 7.26. The van der Waals surface area contributed by atoms with Crippen molar-refractivity contribution < 1.29 is 4.42 Å². The smallest absolute Gasteiger partial charge is 0.164 e. The molecule has 1 unspecified atom stereocenters. The van der Waals surface area contributed by atoms with E-state index in [0.717, 1.165) is 61.7 Å². The summed E-state index contributed by atoms with van der Waals surface area (Å²) in [6.45, 7) is 2.23. The highest BCUT2D eigenvalue weighted by Gasteiger charge is 2.19. The molecule has 0 radical (unpaired) electrons. The van der Waals surface area contributed by atoms with Gasteiger partial charge < -0.3 is 4.42 Å². The van der Waals surface area contributed by atoms with E-state index in [1.807, 2.05) is 23.5 Å². The predicted molar refractivity (Wildman–Crippen MR) is 213 cm³/mol. The van der Waals surface area contributed by atoms with E-state index >= 15 is 0 Å². The molecule has 0 N–H and O–H groups in total. The van der Waals surface area contributed by atoms with Gasteiger partial charge >= 0.3 is 0 Å². The number of rotatable bonds is 5. The van der Waals surface area contributed by atoms with Crippen LogP contribution >= 0.6 is 11.3 Å². The number of aromatic nitrogens is 3. The van der Waals surface area contributed by atoms with Crippen LogP contribution in [0, 0.1) is 5.92 Å². The molecule has 6 aromatic carbocycles. The fourth-order valence-electron chi connectivity index (χ4n) is 7.41. The van der Waals surface area contributed by atoms with Crippen LogP contribution in [0.1, 0.15) is 19.2 Å². The maximum absolute atomic E-state index is 6.48. The summed E-state index contributed by atoms with van der Waals surface area (Å²) < 4.78 is 9.07. The summed E-state index contributed by atoms with van der Waals surface area (Å²) in [5.41, 5.74) is 9.28.